The van der Waals surface area contributed by atoms with Crippen LogP contribution in [0, 0.1) is 5.92 Å². The highest BCUT2D eigenvalue weighted by Crippen LogP contribution is 2.19. The Bertz CT molecular complexity index is 1470. The van der Waals surface area contributed by atoms with E-state index in [1.807, 2.05) is 34.9 Å². The molecule has 18 heteroatoms. The van der Waals surface area contributed by atoms with E-state index in [-0.39, 0.29) is 42.0 Å². The number of nitrogens with two attached hydrogens (primary N) is 2. The van der Waals surface area contributed by atoms with Crippen LogP contribution < -0.4 is 43.4 Å². The maximum atomic E-state index is 13.1. The van der Waals surface area contributed by atoms with Crippen LogP contribution >= 0.6 is 0 Å². The molecule has 6 amide bonds. The summed E-state index contributed by atoms with van der Waals surface area (Å²) in [5.74, 6) is -1.05. The van der Waals surface area contributed by atoms with Crippen LogP contribution in [0.4, 0.5) is 5.82 Å². The topological polar surface area (TPSA) is 280 Å². The van der Waals surface area contributed by atoms with E-state index in [0.717, 1.165) is 90.0 Å². The number of carbonyl (C=O) groups excluding carboxylic acids is 7. The molecule has 1 saturated heterocycles. The Morgan fingerprint density at radius 2 is 1.49 bits per heavy atom. The number of aldehydes is 1. The molecule has 0 aromatic carbocycles. The Morgan fingerprint density at radius 3 is 2.06 bits per heavy atom. The van der Waals surface area contributed by atoms with Crippen LogP contribution in [0.3, 0.4) is 0 Å². The molecule has 6 atom stereocenters. The fourth-order valence-corrected chi connectivity index (χ4v) is 6.62. The van der Waals surface area contributed by atoms with E-state index >= 15 is 0 Å². The minimum absolute atomic E-state index is 0.0268. The first-order valence-corrected chi connectivity index (χ1v) is 23.0. The van der Waals surface area contributed by atoms with Crippen LogP contribution in [-0.4, -0.2) is 127 Å². The van der Waals surface area contributed by atoms with E-state index in [0.29, 0.717) is 50.2 Å². The molecule has 1 fully saturated rings. The number of nitrogens with one attached hydrogen (secondary N) is 6. The molecule has 63 heavy (non-hydrogen) atoms. The summed E-state index contributed by atoms with van der Waals surface area (Å²) in [5, 5.41) is 27.6. The molecule has 0 saturated carbocycles. The van der Waals surface area contributed by atoms with Gasteiger partial charge in [0, 0.05) is 44.1 Å². The van der Waals surface area contributed by atoms with Crippen LogP contribution in [-0.2, 0) is 28.8 Å². The number of hydrogen-bond acceptors (Lipinski definition) is 12. The molecule has 11 N–H and O–H groups in total. The van der Waals surface area contributed by atoms with E-state index in [1.165, 1.54) is 30.2 Å². The molecule has 1 aromatic rings. The second-order valence-electron chi connectivity index (χ2n) is 16.3. The minimum atomic E-state index is -1.19. The molecule has 1 aromatic heterocycles. The first-order chi connectivity index (χ1) is 30.1. The first-order valence-electron chi connectivity index (χ1n) is 23.0. The number of hydrogen-bond donors (Lipinski definition) is 9. The third-order valence-corrected chi connectivity index (χ3v) is 10.4. The minimum Gasteiger partial charge on any atom is -0.391 e. The monoisotopic (exact) mass is 891 g/mol. The largest absolute Gasteiger partial charge is 0.391 e. The van der Waals surface area contributed by atoms with Crippen molar-refractivity contribution in [2.45, 2.75) is 168 Å². The lowest BCUT2D eigenvalue weighted by Gasteiger charge is -2.29. The third kappa shape index (κ3) is 27.2. The summed E-state index contributed by atoms with van der Waals surface area (Å²) in [7, 11) is 3.89. The molecule has 6 unspecified atom stereocenters. The zero-order chi connectivity index (χ0) is 47.6. The van der Waals surface area contributed by atoms with Gasteiger partial charge in [-0.25, -0.2) is 4.98 Å². The number of nitrogen functional groups attached to an aromatic ring is 1. The highest BCUT2D eigenvalue weighted by Gasteiger charge is 2.35. The SMILES string of the molecule is CCCCCC(NC(=O)C(NC(=O)CCCCCNC(=O)CCC)C(C)O)C(=O)N1CCCC1C=O.CNCCCC(C)NC(=O)C(C)CCCNC.NC(=O)c1ccc(N)nc1. The Kier molecular flexibility index (Phi) is 33.1. The van der Waals surface area contributed by atoms with Crippen LogP contribution in [0.5, 0.6) is 0 Å². The number of aromatic nitrogens is 1. The molecule has 2 heterocycles. The second kappa shape index (κ2) is 35.7. The normalized spacial score (nSPS) is 15.4. The Morgan fingerprint density at radius 1 is 0.810 bits per heavy atom. The fraction of sp³-hybridized carbons (Fsp3) is 0.733. The van der Waals surface area contributed by atoms with Gasteiger partial charge in [-0.3, -0.25) is 28.8 Å². The summed E-state index contributed by atoms with van der Waals surface area (Å²) in [4.78, 5) is 88.9. The van der Waals surface area contributed by atoms with Gasteiger partial charge >= 0.3 is 0 Å². The summed E-state index contributed by atoms with van der Waals surface area (Å²) in [6, 6.07) is 0.862. The standard InChI is InChI=1S/C26H46N4O6.C13H29N3O.C6H7N3O/c1-4-6-8-14-21(26(36)30-17-11-13-20(30)18-31)28-25(35)24(19(3)32)29-23(34)15-9-7-10-16-27-22(33)12-5-2;1-11(7-5-9-14-3)13(17)16-12(2)8-6-10-15-4;7-5-2-1-4(3-9-5)6(8)10/h18-21,24,32H,4-17H2,1-3H3,(H,27,33)(H,28,35)(H,29,34);11-12,14-15H,5-10H2,1-4H3,(H,16,17);1-3H,(H2,7,9)(H2,8,10). The zero-order valence-corrected chi connectivity index (χ0v) is 39.3. The zero-order valence-electron chi connectivity index (χ0n) is 39.3. The van der Waals surface area contributed by atoms with Crippen molar-refractivity contribution >= 4 is 47.5 Å². The van der Waals surface area contributed by atoms with Crippen molar-refractivity contribution in [2.24, 2.45) is 11.7 Å². The van der Waals surface area contributed by atoms with Gasteiger partial charge in [0.05, 0.1) is 17.7 Å². The maximum absolute atomic E-state index is 13.1. The quantitative estimate of drug-likeness (QED) is 0.0415. The second-order valence-corrected chi connectivity index (χ2v) is 16.3. The van der Waals surface area contributed by atoms with Gasteiger partial charge in [-0.15, -0.1) is 0 Å². The molecule has 18 nitrogen and oxygen atoms in total. The lowest BCUT2D eigenvalue weighted by atomic mass is 10.0. The summed E-state index contributed by atoms with van der Waals surface area (Å²) in [6.45, 7) is 12.5. The van der Waals surface area contributed by atoms with Crippen LogP contribution in [0.15, 0.2) is 18.3 Å². The number of likely N-dealkylation sites (tertiary alicyclic amines) is 1. The van der Waals surface area contributed by atoms with Crippen molar-refractivity contribution in [3.8, 4) is 0 Å². The summed E-state index contributed by atoms with van der Waals surface area (Å²) in [6.07, 6.45) is 13.1. The molecule has 0 bridgehead atoms. The number of amides is 6. The molecule has 2 rings (SSSR count). The number of anilines is 1. The van der Waals surface area contributed by atoms with Crippen molar-refractivity contribution < 1.29 is 38.7 Å². The molecule has 1 aliphatic heterocycles. The van der Waals surface area contributed by atoms with Gasteiger partial charge in [0.25, 0.3) is 0 Å². The number of unbranched alkanes of at least 4 members (excludes halogenated alkanes) is 4. The summed E-state index contributed by atoms with van der Waals surface area (Å²) in [5.41, 5.74) is 10.6. The van der Waals surface area contributed by atoms with Gasteiger partial charge in [-0.2, -0.15) is 0 Å². The van der Waals surface area contributed by atoms with Crippen LogP contribution in [0.2, 0.25) is 0 Å². The number of aliphatic hydroxyl groups is 1. The first kappa shape index (κ1) is 58.3. The molecule has 360 valence electrons. The lowest BCUT2D eigenvalue weighted by Crippen LogP contribution is -2.57. The van der Waals surface area contributed by atoms with Gasteiger partial charge < -0.3 is 58.2 Å². The number of nitrogens with zero attached hydrogens (tertiary/aromatic N) is 2. The number of primary amides is 1. The highest BCUT2D eigenvalue weighted by atomic mass is 16.3. The van der Waals surface area contributed by atoms with E-state index in [1.54, 1.807) is 0 Å². The Hall–Kier alpha value is -4.68. The Labute approximate surface area is 376 Å². The van der Waals surface area contributed by atoms with Gasteiger partial charge in [0.15, 0.2) is 0 Å². The van der Waals surface area contributed by atoms with E-state index in [9.17, 15) is 38.7 Å². The average Bonchev–Trinajstić information content (AvgIpc) is 3.73. The van der Waals surface area contributed by atoms with E-state index < -0.39 is 36.0 Å². The molecule has 0 radical (unpaired) electrons. The predicted molar refractivity (Wildman–Crippen MR) is 247 cm³/mol. The van der Waals surface area contributed by atoms with Crippen LogP contribution in [0.25, 0.3) is 0 Å². The molecular formula is C45H82N10O8. The number of carbonyl (C=O) groups is 7. The number of rotatable bonds is 29. The average molecular weight is 891 g/mol. The smallest absolute Gasteiger partial charge is 0.250 e. The molecule has 0 aliphatic carbocycles. The molecule has 1 aliphatic rings. The van der Waals surface area contributed by atoms with Crippen molar-refractivity contribution in [1.29, 1.82) is 0 Å². The van der Waals surface area contributed by atoms with Crippen LogP contribution in [0.1, 0.15) is 148 Å². The molecular weight excluding hydrogens is 809 g/mol. The van der Waals surface area contributed by atoms with Gasteiger partial charge in [-0.05, 0) is 117 Å². The number of pyridine rings is 1. The maximum Gasteiger partial charge on any atom is 0.250 e. The Balaban J connectivity index is 0.00000116. The van der Waals surface area contributed by atoms with Gasteiger partial charge in [0.2, 0.25) is 35.4 Å². The van der Waals surface area contributed by atoms with Gasteiger partial charge in [-0.1, -0.05) is 46.5 Å². The van der Waals surface area contributed by atoms with Crippen molar-refractivity contribution in [3.05, 3.63) is 23.9 Å². The number of aliphatic hydroxyl groups excluding tert-OH is 1. The summed E-state index contributed by atoms with van der Waals surface area (Å²) >= 11 is 0. The highest BCUT2D eigenvalue weighted by molar-refractivity contribution is 5.93. The van der Waals surface area contributed by atoms with Crippen molar-refractivity contribution in [3.63, 3.8) is 0 Å². The van der Waals surface area contributed by atoms with Gasteiger partial charge in [0.1, 0.15) is 24.2 Å². The summed E-state index contributed by atoms with van der Waals surface area (Å²) < 4.78 is 0. The van der Waals surface area contributed by atoms with Crippen molar-refractivity contribution in [2.75, 3.05) is 46.0 Å². The fourth-order valence-electron chi connectivity index (χ4n) is 6.62. The third-order valence-electron chi connectivity index (χ3n) is 10.4. The molecule has 0 spiro atoms. The van der Waals surface area contributed by atoms with E-state index in [4.69, 9.17) is 11.5 Å². The predicted octanol–water partition coefficient (Wildman–Crippen LogP) is 2.47. The lowest BCUT2D eigenvalue weighted by molar-refractivity contribution is -0.140. The van der Waals surface area contributed by atoms with E-state index in [2.05, 4.69) is 43.8 Å². The van der Waals surface area contributed by atoms with Crippen molar-refractivity contribution in [1.82, 2.24) is 41.8 Å².